The van der Waals surface area contributed by atoms with Crippen LogP contribution in [0.15, 0.2) is 12.7 Å². The van der Waals surface area contributed by atoms with E-state index in [1.54, 1.807) is 13.0 Å². The van der Waals surface area contributed by atoms with E-state index < -0.39 is 29.9 Å². The molecule has 1 amide bonds. The molecule has 142 valence electrons. The van der Waals surface area contributed by atoms with Gasteiger partial charge in [-0.3, -0.25) is 9.69 Å². The highest BCUT2D eigenvalue weighted by Crippen LogP contribution is 2.38. The van der Waals surface area contributed by atoms with Gasteiger partial charge in [-0.25, -0.2) is 4.79 Å². The van der Waals surface area contributed by atoms with Crippen LogP contribution in [0.3, 0.4) is 0 Å². The Morgan fingerprint density at radius 1 is 1.36 bits per heavy atom. The van der Waals surface area contributed by atoms with Gasteiger partial charge < -0.3 is 18.9 Å². The number of nitrogens with zero attached hydrogens (tertiary/aromatic N) is 1. The van der Waals surface area contributed by atoms with E-state index in [0.29, 0.717) is 19.6 Å². The van der Waals surface area contributed by atoms with Gasteiger partial charge in [0.2, 0.25) is 5.91 Å². The number of ether oxygens (including phenoxy) is 4. The number of allylic oxidation sites excluding steroid dienone is 1. The quantitative estimate of drug-likeness (QED) is 0.552. The Kier molecular flexibility index (Phi) is 5.91. The molecule has 0 aromatic heterocycles. The molecular weight excluding hydrogens is 326 g/mol. The summed E-state index contributed by atoms with van der Waals surface area (Å²) in [6, 6.07) is -0.779. The van der Waals surface area contributed by atoms with Gasteiger partial charge in [-0.15, -0.1) is 6.58 Å². The number of esters is 1. The molecule has 0 spiro atoms. The van der Waals surface area contributed by atoms with Crippen LogP contribution >= 0.6 is 0 Å². The maximum Gasteiger partial charge on any atom is 0.331 e. The van der Waals surface area contributed by atoms with Gasteiger partial charge in [0, 0.05) is 5.41 Å². The summed E-state index contributed by atoms with van der Waals surface area (Å²) >= 11 is 0. The lowest BCUT2D eigenvalue weighted by atomic mass is 9.89. The highest BCUT2D eigenvalue weighted by atomic mass is 16.7. The summed E-state index contributed by atoms with van der Waals surface area (Å²) in [6.45, 7) is 12.4. The van der Waals surface area contributed by atoms with Gasteiger partial charge in [-0.2, -0.15) is 0 Å². The van der Waals surface area contributed by atoms with Crippen LogP contribution in [0.5, 0.6) is 0 Å². The fourth-order valence-corrected chi connectivity index (χ4v) is 3.38. The molecule has 25 heavy (non-hydrogen) atoms. The fourth-order valence-electron chi connectivity index (χ4n) is 3.38. The molecule has 2 aliphatic heterocycles. The van der Waals surface area contributed by atoms with E-state index in [4.69, 9.17) is 18.9 Å². The summed E-state index contributed by atoms with van der Waals surface area (Å²) in [4.78, 5) is 27.1. The summed E-state index contributed by atoms with van der Waals surface area (Å²) < 4.78 is 22.1. The third-order valence-corrected chi connectivity index (χ3v) is 4.66. The Labute approximate surface area is 149 Å². The van der Waals surface area contributed by atoms with Crippen molar-refractivity contribution in [3.8, 4) is 0 Å². The van der Waals surface area contributed by atoms with Crippen molar-refractivity contribution in [3.05, 3.63) is 12.7 Å². The maximum atomic E-state index is 13.4. The lowest BCUT2D eigenvalue weighted by molar-refractivity contribution is -0.198. The monoisotopic (exact) mass is 355 g/mol. The van der Waals surface area contributed by atoms with Crippen molar-refractivity contribution in [2.24, 2.45) is 11.3 Å². The van der Waals surface area contributed by atoms with Gasteiger partial charge in [-0.1, -0.05) is 26.8 Å². The minimum Gasteiger partial charge on any atom is -0.467 e. The van der Waals surface area contributed by atoms with E-state index >= 15 is 0 Å². The number of carbonyl (C=O) groups excluding carboxylic acids is 2. The van der Waals surface area contributed by atoms with Gasteiger partial charge in [-0.05, 0) is 13.3 Å². The van der Waals surface area contributed by atoms with Crippen molar-refractivity contribution in [3.63, 3.8) is 0 Å². The second-order valence-corrected chi connectivity index (χ2v) is 7.63. The topological polar surface area (TPSA) is 74.3 Å². The third kappa shape index (κ3) is 3.88. The first kappa shape index (κ1) is 19.9. The van der Waals surface area contributed by atoms with Crippen molar-refractivity contribution in [1.82, 2.24) is 4.90 Å². The van der Waals surface area contributed by atoms with Gasteiger partial charge >= 0.3 is 5.97 Å². The molecule has 2 fully saturated rings. The zero-order valence-electron chi connectivity index (χ0n) is 15.7. The van der Waals surface area contributed by atoms with Gasteiger partial charge in [0.15, 0.2) is 11.8 Å². The number of carbonyl (C=O) groups is 2. The van der Waals surface area contributed by atoms with Crippen LogP contribution in [-0.4, -0.2) is 61.8 Å². The van der Waals surface area contributed by atoms with E-state index in [-0.39, 0.29) is 17.9 Å². The molecule has 1 unspecified atom stereocenters. The summed E-state index contributed by atoms with van der Waals surface area (Å²) in [5.41, 5.74) is -0.366. The Hall–Kier alpha value is -1.44. The molecule has 0 saturated carbocycles. The zero-order valence-corrected chi connectivity index (χ0v) is 15.7. The fraction of sp³-hybridized carbons (Fsp3) is 0.778. The van der Waals surface area contributed by atoms with Crippen LogP contribution in [0.1, 0.15) is 34.1 Å². The molecule has 0 bridgehead atoms. The van der Waals surface area contributed by atoms with E-state index in [1.165, 1.54) is 12.0 Å². The minimum atomic E-state index is -1.04. The lowest BCUT2D eigenvalue weighted by Gasteiger charge is -2.39. The molecule has 0 aromatic rings. The average Bonchev–Trinajstić information content (AvgIpc) is 3.17. The van der Waals surface area contributed by atoms with E-state index in [0.717, 1.165) is 0 Å². The molecular formula is C18H29NO6. The molecule has 2 saturated heterocycles. The zero-order chi connectivity index (χ0) is 18.8. The van der Waals surface area contributed by atoms with Gasteiger partial charge in [0.25, 0.3) is 0 Å². The Balaban J connectivity index is 2.37. The van der Waals surface area contributed by atoms with Gasteiger partial charge in [0.05, 0.1) is 32.8 Å². The van der Waals surface area contributed by atoms with Gasteiger partial charge in [0.1, 0.15) is 6.23 Å². The Bertz CT molecular complexity index is 520. The smallest absolute Gasteiger partial charge is 0.331 e. The van der Waals surface area contributed by atoms with Crippen molar-refractivity contribution in [2.45, 2.75) is 52.2 Å². The summed E-state index contributed by atoms with van der Waals surface area (Å²) in [6.07, 6.45) is 1.49. The Morgan fingerprint density at radius 2 is 1.96 bits per heavy atom. The highest BCUT2D eigenvalue weighted by molar-refractivity contribution is 5.87. The van der Waals surface area contributed by atoms with Crippen molar-refractivity contribution in [2.75, 3.05) is 26.9 Å². The lowest BCUT2D eigenvalue weighted by Crippen LogP contribution is -2.56. The van der Waals surface area contributed by atoms with Crippen LogP contribution in [0.25, 0.3) is 0 Å². The second kappa shape index (κ2) is 7.43. The second-order valence-electron chi connectivity index (χ2n) is 7.63. The van der Waals surface area contributed by atoms with Crippen molar-refractivity contribution >= 4 is 11.9 Å². The molecule has 2 aliphatic rings. The number of hydrogen-bond donors (Lipinski definition) is 0. The van der Waals surface area contributed by atoms with E-state index in [9.17, 15) is 9.59 Å². The molecule has 7 nitrogen and oxygen atoms in total. The van der Waals surface area contributed by atoms with Crippen LogP contribution in [0.4, 0.5) is 0 Å². The molecule has 0 radical (unpaired) electrons. The largest absolute Gasteiger partial charge is 0.467 e. The summed E-state index contributed by atoms with van der Waals surface area (Å²) in [5.74, 6) is -2.41. The normalized spacial score (nSPS) is 27.2. The van der Waals surface area contributed by atoms with Crippen molar-refractivity contribution in [1.29, 1.82) is 0 Å². The first-order valence-electron chi connectivity index (χ1n) is 8.56. The molecule has 2 heterocycles. The molecule has 0 aliphatic carbocycles. The predicted octanol–water partition coefficient (Wildman–Crippen LogP) is 1.71. The number of hydrogen-bond acceptors (Lipinski definition) is 6. The average molecular weight is 355 g/mol. The molecule has 7 heteroatoms. The molecule has 0 aromatic carbocycles. The highest BCUT2D eigenvalue weighted by Gasteiger charge is 2.53. The van der Waals surface area contributed by atoms with E-state index in [1.807, 2.05) is 20.8 Å². The number of methoxy groups -OCH3 is 1. The van der Waals surface area contributed by atoms with Crippen LogP contribution in [-0.2, 0) is 28.5 Å². The maximum absolute atomic E-state index is 13.4. The first-order chi connectivity index (χ1) is 11.7. The predicted molar refractivity (Wildman–Crippen MR) is 90.5 cm³/mol. The van der Waals surface area contributed by atoms with Crippen LogP contribution in [0, 0.1) is 11.3 Å². The summed E-state index contributed by atoms with van der Waals surface area (Å²) in [5, 5.41) is 0. The summed E-state index contributed by atoms with van der Waals surface area (Å²) in [7, 11) is 1.31. The number of amides is 1. The van der Waals surface area contributed by atoms with E-state index in [2.05, 4.69) is 6.58 Å². The van der Waals surface area contributed by atoms with Crippen LogP contribution in [0.2, 0.25) is 0 Å². The molecule has 3 atom stereocenters. The minimum absolute atomic E-state index is 0.111. The first-order valence-corrected chi connectivity index (χ1v) is 8.56. The molecule has 2 rings (SSSR count). The third-order valence-electron chi connectivity index (χ3n) is 4.66. The molecule has 0 N–H and O–H groups in total. The van der Waals surface area contributed by atoms with Crippen molar-refractivity contribution < 1.29 is 28.5 Å². The SMILES string of the molecule is C=CCC(C(=O)N1[C@@H](C(=O)OC)CO[C@H]1C(C)(C)C)C1(C)OCCO1. The number of rotatable bonds is 5. The standard InChI is InChI=1S/C18H29NO6/c1-7-8-12(18(5)24-9-10-25-18)14(20)19-13(15(21)22-6)11-23-16(19)17(2,3)4/h7,12-13,16H,1,8-11H2,2-6H3/t12?,13-,16+/m1/s1. The van der Waals surface area contributed by atoms with Crippen LogP contribution < -0.4 is 0 Å². The Morgan fingerprint density at radius 3 is 2.44 bits per heavy atom.